The minimum atomic E-state index is 0.221. The molecule has 0 bridgehead atoms. The number of hydrogen-bond donors (Lipinski definition) is 0. The number of ether oxygens (including phenoxy) is 3. The van der Waals surface area contributed by atoms with Crippen molar-refractivity contribution in [1.29, 1.82) is 0 Å². The second-order valence-electron chi connectivity index (χ2n) is 6.05. The van der Waals surface area contributed by atoms with Gasteiger partial charge in [0, 0.05) is 12.0 Å². The Labute approximate surface area is 147 Å². The molecule has 0 heterocycles. The van der Waals surface area contributed by atoms with Crippen molar-refractivity contribution >= 4 is 0 Å². The number of hydrogen-bond acceptors (Lipinski definition) is 3. The molecule has 0 saturated heterocycles. The Morgan fingerprint density at radius 2 is 1.36 bits per heavy atom. The van der Waals surface area contributed by atoms with Crippen molar-refractivity contribution in [3.05, 3.63) is 77.9 Å². The van der Waals surface area contributed by atoms with Crippen molar-refractivity contribution in [3.8, 4) is 28.4 Å². The van der Waals surface area contributed by atoms with Gasteiger partial charge >= 0.3 is 0 Å². The molecule has 4 rings (SSSR count). The summed E-state index contributed by atoms with van der Waals surface area (Å²) < 4.78 is 16.8. The van der Waals surface area contributed by atoms with Gasteiger partial charge in [-0.05, 0) is 34.4 Å². The maximum absolute atomic E-state index is 6.14. The van der Waals surface area contributed by atoms with E-state index < -0.39 is 0 Å². The summed E-state index contributed by atoms with van der Waals surface area (Å²) in [5, 5.41) is 0. The maximum atomic E-state index is 6.14. The third-order valence-electron chi connectivity index (χ3n) is 4.74. The highest BCUT2D eigenvalue weighted by molar-refractivity contribution is 5.78. The highest BCUT2D eigenvalue weighted by Gasteiger charge is 2.28. The monoisotopic (exact) mass is 332 g/mol. The smallest absolute Gasteiger partial charge is 0.164 e. The van der Waals surface area contributed by atoms with Crippen LogP contribution in [0.5, 0.6) is 17.2 Å². The largest absolute Gasteiger partial charge is 0.497 e. The van der Waals surface area contributed by atoms with E-state index in [1.165, 1.54) is 22.3 Å². The van der Waals surface area contributed by atoms with Gasteiger partial charge in [-0.15, -0.1) is 0 Å². The fourth-order valence-electron chi connectivity index (χ4n) is 3.51. The van der Waals surface area contributed by atoms with Crippen LogP contribution < -0.4 is 14.2 Å². The molecule has 0 amide bonds. The molecule has 3 heteroatoms. The first-order valence-corrected chi connectivity index (χ1v) is 8.35. The van der Waals surface area contributed by atoms with Gasteiger partial charge in [0.25, 0.3) is 0 Å². The highest BCUT2D eigenvalue weighted by Crippen LogP contribution is 2.45. The number of methoxy groups -OCH3 is 2. The lowest BCUT2D eigenvalue weighted by molar-refractivity contribution is 0.283. The van der Waals surface area contributed by atoms with Crippen LogP contribution in [-0.2, 0) is 0 Å². The lowest BCUT2D eigenvalue weighted by Crippen LogP contribution is -2.10. The molecule has 0 aromatic heterocycles. The molecule has 0 aliphatic heterocycles. The van der Waals surface area contributed by atoms with Crippen LogP contribution in [0.3, 0.4) is 0 Å². The zero-order valence-corrected chi connectivity index (χ0v) is 14.4. The van der Waals surface area contributed by atoms with Gasteiger partial charge in [-0.25, -0.2) is 0 Å². The van der Waals surface area contributed by atoms with E-state index in [2.05, 4.69) is 48.5 Å². The second-order valence-corrected chi connectivity index (χ2v) is 6.05. The minimum Gasteiger partial charge on any atom is -0.497 e. The van der Waals surface area contributed by atoms with Gasteiger partial charge < -0.3 is 14.2 Å². The molecule has 25 heavy (non-hydrogen) atoms. The number of rotatable bonds is 5. The molecule has 0 radical (unpaired) electrons. The van der Waals surface area contributed by atoms with Gasteiger partial charge in [-0.2, -0.15) is 0 Å². The van der Waals surface area contributed by atoms with E-state index in [1.54, 1.807) is 14.2 Å². The van der Waals surface area contributed by atoms with E-state index in [4.69, 9.17) is 14.2 Å². The molecular weight excluding hydrogens is 312 g/mol. The molecule has 0 unspecified atom stereocenters. The molecule has 0 N–H and O–H groups in total. The van der Waals surface area contributed by atoms with Crippen LogP contribution in [0.2, 0.25) is 0 Å². The summed E-state index contributed by atoms with van der Waals surface area (Å²) >= 11 is 0. The van der Waals surface area contributed by atoms with Gasteiger partial charge in [0.05, 0.1) is 20.8 Å². The third-order valence-corrected chi connectivity index (χ3v) is 4.74. The van der Waals surface area contributed by atoms with E-state index in [0.29, 0.717) is 12.4 Å². The van der Waals surface area contributed by atoms with Crippen LogP contribution in [0.1, 0.15) is 17.0 Å². The lowest BCUT2D eigenvalue weighted by Gasteiger charge is -2.17. The molecule has 3 aromatic rings. The van der Waals surface area contributed by atoms with E-state index in [9.17, 15) is 0 Å². The predicted molar refractivity (Wildman–Crippen MR) is 98.8 cm³/mol. The summed E-state index contributed by atoms with van der Waals surface area (Å²) in [5.41, 5.74) is 5.23. The Bertz CT molecular complexity index is 856. The van der Waals surface area contributed by atoms with Crippen molar-refractivity contribution in [2.45, 2.75) is 5.92 Å². The molecule has 0 fully saturated rings. The van der Waals surface area contributed by atoms with Crippen molar-refractivity contribution in [3.63, 3.8) is 0 Å². The molecular formula is C22H20O3. The van der Waals surface area contributed by atoms with E-state index in [1.807, 2.05) is 18.2 Å². The van der Waals surface area contributed by atoms with Crippen LogP contribution in [0.15, 0.2) is 66.7 Å². The van der Waals surface area contributed by atoms with Gasteiger partial charge in [0.15, 0.2) is 11.5 Å². The topological polar surface area (TPSA) is 27.7 Å². The average molecular weight is 332 g/mol. The van der Waals surface area contributed by atoms with Crippen LogP contribution in [0.4, 0.5) is 0 Å². The van der Waals surface area contributed by atoms with E-state index in [0.717, 1.165) is 11.5 Å². The first-order valence-electron chi connectivity index (χ1n) is 8.35. The first kappa shape index (κ1) is 15.6. The Morgan fingerprint density at radius 3 is 1.96 bits per heavy atom. The standard InChI is InChI=1S/C22H20O3/c1-23-15-11-12-21(22(13-15)24-2)25-14-20-18-9-5-3-7-16(18)17-8-4-6-10-19(17)20/h3-13,20H,14H2,1-2H3. The van der Waals surface area contributed by atoms with Crippen molar-refractivity contribution in [1.82, 2.24) is 0 Å². The van der Waals surface area contributed by atoms with E-state index >= 15 is 0 Å². The van der Waals surface area contributed by atoms with Crippen LogP contribution >= 0.6 is 0 Å². The lowest BCUT2D eigenvalue weighted by atomic mass is 9.98. The average Bonchev–Trinajstić information content (AvgIpc) is 3.00. The molecule has 0 saturated carbocycles. The molecule has 1 aliphatic carbocycles. The van der Waals surface area contributed by atoms with Crippen LogP contribution in [0.25, 0.3) is 11.1 Å². The Balaban J connectivity index is 1.64. The van der Waals surface area contributed by atoms with Crippen LogP contribution in [-0.4, -0.2) is 20.8 Å². The molecule has 0 spiro atoms. The summed E-state index contributed by atoms with van der Waals surface area (Å²) in [6.07, 6.45) is 0. The summed E-state index contributed by atoms with van der Waals surface area (Å²) in [5.74, 6) is 2.38. The Morgan fingerprint density at radius 1 is 0.720 bits per heavy atom. The summed E-state index contributed by atoms with van der Waals surface area (Å²) in [7, 11) is 3.28. The number of benzene rings is 3. The molecule has 3 nitrogen and oxygen atoms in total. The van der Waals surface area contributed by atoms with E-state index in [-0.39, 0.29) is 5.92 Å². The van der Waals surface area contributed by atoms with Crippen LogP contribution in [0, 0.1) is 0 Å². The van der Waals surface area contributed by atoms with Crippen molar-refractivity contribution in [2.24, 2.45) is 0 Å². The summed E-state index contributed by atoms with van der Waals surface area (Å²) in [6.45, 7) is 0.566. The Kier molecular flexibility index (Phi) is 4.06. The quantitative estimate of drug-likeness (QED) is 0.665. The van der Waals surface area contributed by atoms with Crippen molar-refractivity contribution in [2.75, 3.05) is 20.8 Å². The molecule has 126 valence electrons. The predicted octanol–water partition coefficient (Wildman–Crippen LogP) is 4.90. The number of fused-ring (bicyclic) bond motifs is 3. The zero-order chi connectivity index (χ0) is 17.2. The van der Waals surface area contributed by atoms with Crippen molar-refractivity contribution < 1.29 is 14.2 Å². The minimum absolute atomic E-state index is 0.221. The third kappa shape index (κ3) is 2.72. The van der Waals surface area contributed by atoms with Gasteiger partial charge in [0.2, 0.25) is 0 Å². The zero-order valence-electron chi connectivity index (χ0n) is 14.4. The first-order chi connectivity index (χ1) is 12.3. The molecule has 3 aromatic carbocycles. The highest BCUT2D eigenvalue weighted by atomic mass is 16.5. The fourth-order valence-corrected chi connectivity index (χ4v) is 3.51. The Hall–Kier alpha value is -2.94. The molecule has 0 atom stereocenters. The second kappa shape index (κ2) is 6.52. The molecule has 1 aliphatic rings. The maximum Gasteiger partial charge on any atom is 0.164 e. The van der Waals surface area contributed by atoms with Gasteiger partial charge in [-0.3, -0.25) is 0 Å². The SMILES string of the molecule is COc1ccc(OCC2c3ccccc3-c3ccccc32)c(OC)c1. The normalized spacial score (nSPS) is 12.4. The summed E-state index contributed by atoms with van der Waals surface area (Å²) in [6, 6.07) is 22.7. The fraction of sp³-hybridized carbons (Fsp3) is 0.182. The summed E-state index contributed by atoms with van der Waals surface area (Å²) in [4.78, 5) is 0. The van der Waals surface area contributed by atoms with Gasteiger partial charge in [0.1, 0.15) is 5.75 Å². The van der Waals surface area contributed by atoms with Gasteiger partial charge in [-0.1, -0.05) is 48.5 Å².